The quantitative estimate of drug-likeness (QED) is 0.174. The lowest BCUT2D eigenvalue weighted by molar-refractivity contribution is -0.137. The van der Waals surface area contributed by atoms with Crippen LogP contribution < -0.4 is 0 Å². The Morgan fingerprint density at radius 3 is 1.54 bits per heavy atom. The van der Waals surface area contributed by atoms with Gasteiger partial charge in [-0.1, -0.05) is 6.58 Å². The van der Waals surface area contributed by atoms with Crippen molar-refractivity contribution in [3.8, 4) is 0 Å². The van der Waals surface area contributed by atoms with Gasteiger partial charge in [-0.2, -0.15) is 0 Å². The average molecular weight is 667 g/mol. The zero-order valence-electron chi connectivity index (χ0n) is 22.7. The number of ether oxygens (including phenoxy) is 1. The van der Waals surface area contributed by atoms with Crippen LogP contribution in [0.1, 0.15) is 6.42 Å². The van der Waals surface area contributed by atoms with E-state index in [1.807, 2.05) is 13.1 Å². The minimum Gasteiger partial charge on any atom is -0.463 e. The normalized spacial score (nSPS) is 46.7. The second kappa shape index (κ2) is 10.4. The van der Waals surface area contributed by atoms with Gasteiger partial charge in [0.2, 0.25) is 0 Å². The monoisotopic (exact) mass is 666 g/mol. The summed E-state index contributed by atoms with van der Waals surface area (Å²) in [6.45, 7) is 18.3. The number of esters is 1. The van der Waals surface area contributed by atoms with Crippen molar-refractivity contribution in [2.24, 2.45) is 0 Å². The molecule has 3 saturated heterocycles. The molecule has 0 aromatic heterocycles. The Morgan fingerprint density at radius 2 is 1.14 bits per heavy atom. The van der Waals surface area contributed by atoms with Gasteiger partial charge in [0.1, 0.15) is 0 Å². The molecule has 0 radical (unpaired) electrons. The molecular weight excluding hydrogens is 629 g/mol. The van der Waals surface area contributed by atoms with Crippen LogP contribution in [-0.2, 0) is 50.7 Å². The van der Waals surface area contributed by atoms with Gasteiger partial charge in [-0.25, -0.2) is 4.79 Å². The van der Waals surface area contributed by atoms with Crippen LogP contribution in [0.3, 0.4) is 0 Å². The minimum absolute atomic E-state index is 0.212. The van der Waals surface area contributed by atoms with Gasteiger partial charge >= 0.3 is 67.6 Å². The summed E-state index contributed by atoms with van der Waals surface area (Å²) < 4.78 is 67.6. The summed E-state index contributed by atoms with van der Waals surface area (Å²) in [5, 5.41) is 0. The minimum atomic E-state index is -3.97. The van der Waals surface area contributed by atoms with Gasteiger partial charge in [0.15, 0.2) is 8.32 Å². The lowest BCUT2D eigenvalue weighted by Gasteiger charge is -2.54. The molecule has 214 valence electrons. The van der Waals surface area contributed by atoms with Crippen molar-refractivity contribution in [1.29, 1.82) is 0 Å². The summed E-state index contributed by atoms with van der Waals surface area (Å²) in [5.41, 5.74) is 0. The summed E-state index contributed by atoms with van der Waals surface area (Å²) in [4.78, 5) is 33.6. The Labute approximate surface area is 226 Å². The van der Waals surface area contributed by atoms with Crippen LogP contribution in [0.25, 0.3) is 0 Å². The maximum absolute atomic E-state index is 11.4. The van der Waals surface area contributed by atoms with Gasteiger partial charge in [0.05, 0.1) is 6.61 Å². The lowest BCUT2D eigenvalue weighted by Crippen LogP contribution is -2.80. The highest BCUT2D eigenvalue weighted by Crippen LogP contribution is 2.41. The highest BCUT2D eigenvalue weighted by Gasteiger charge is 2.72. The number of carbonyl (C=O) groups excluding carboxylic acids is 1. The Hall–Kier alpha value is 0.465. The van der Waals surface area contributed by atoms with Crippen LogP contribution in [0.5, 0.6) is 0 Å². The molecule has 0 aromatic carbocycles. The molecule has 0 aliphatic carbocycles. The lowest BCUT2D eigenvalue weighted by atomic mass is 10.5. The van der Waals surface area contributed by atoms with Gasteiger partial charge < -0.3 is 55.5 Å². The smallest absolute Gasteiger partial charge is 0.463 e. The van der Waals surface area contributed by atoms with E-state index in [1.165, 1.54) is 19.6 Å². The average Bonchev–Trinajstić information content (AvgIpc) is 2.56. The van der Waals surface area contributed by atoms with Gasteiger partial charge in [-0.15, -0.1) is 0 Å². The van der Waals surface area contributed by atoms with Crippen molar-refractivity contribution in [3.63, 3.8) is 0 Å². The first-order valence-corrected chi connectivity index (χ1v) is 30.5. The third-order valence-corrected chi connectivity index (χ3v) is 37.2. The van der Waals surface area contributed by atoms with Crippen LogP contribution >= 0.6 is 0 Å². The Balaban J connectivity index is 1.96. The van der Waals surface area contributed by atoms with E-state index in [2.05, 4.69) is 6.58 Å². The maximum Gasteiger partial charge on any atom is 0.480 e. The van der Waals surface area contributed by atoms with E-state index >= 15 is 0 Å². The van der Waals surface area contributed by atoms with Crippen molar-refractivity contribution in [2.45, 2.75) is 71.4 Å². The molecule has 0 amide bonds. The van der Waals surface area contributed by atoms with Crippen molar-refractivity contribution in [1.82, 2.24) is 0 Å². The molecule has 0 aromatic rings. The molecule has 4 bridgehead atoms. The molecule has 2 N–H and O–H groups in total. The SMILES string of the molecule is C=CC(=O)OCCC[Si](C)(C)O[Si]1(C)O[Si]2(C)O[Si](C)(O)O[Si]3(C)O[Si](C)(O)O[Si](C)(O1)O[Si](C)(O3)O2. The summed E-state index contributed by atoms with van der Waals surface area (Å²) >= 11 is 0. The fourth-order valence-electron chi connectivity index (χ4n) is 4.70. The van der Waals surface area contributed by atoms with Crippen molar-refractivity contribution in [2.75, 3.05) is 6.61 Å². The highest BCUT2D eigenvalue weighted by atomic mass is 28.6. The van der Waals surface area contributed by atoms with E-state index < -0.39 is 75.9 Å². The number of hydrogen-bond donors (Lipinski definition) is 2. The molecule has 4 unspecified atom stereocenters. The second-order valence-electron chi connectivity index (χ2n) is 10.4. The van der Waals surface area contributed by atoms with Crippen molar-refractivity contribution < 1.29 is 60.3 Å². The Kier molecular flexibility index (Phi) is 8.98. The first-order chi connectivity index (χ1) is 16.5. The first-order valence-electron chi connectivity index (χ1n) is 11.8. The molecule has 14 nitrogen and oxygen atoms in total. The van der Waals surface area contributed by atoms with E-state index in [1.54, 1.807) is 26.2 Å². The van der Waals surface area contributed by atoms with E-state index in [9.17, 15) is 14.4 Å². The number of fused-ring (bicyclic) bond motifs is 3. The fraction of sp³-hybridized carbons (Fsp3) is 0.800. The van der Waals surface area contributed by atoms with E-state index in [0.717, 1.165) is 6.08 Å². The van der Waals surface area contributed by atoms with Crippen LogP contribution in [0.4, 0.5) is 0 Å². The predicted octanol–water partition coefficient (Wildman–Crippen LogP) is 1.48. The standard InChI is InChI=1S/C15H38O14Si8/c1-11-15(16)19-13-12-14-30(2,3)20-33(6)25-35(8)23-31(4,17)21-34(7)22-32(5,18)24-36(9,26-33)29-37(10,27-34)28-35/h11,17-18H,1,12-14H2,2-10H3. The van der Waals surface area contributed by atoms with Gasteiger partial charge in [-0.3, -0.25) is 0 Å². The van der Waals surface area contributed by atoms with Crippen LogP contribution in [0.15, 0.2) is 12.7 Å². The third kappa shape index (κ3) is 8.72. The highest BCUT2D eigenvalue weighted by molar-refractivity contribution is 6.98. The molecule has 4 atom stereocenters. The fourth-order valence-corrected chi connectivity index (χ4v) is 43.8. The largest absolute Gasteiger partial charge is 0.480 e. The molecule has 3 rings (SSSR count). The molecule has 0 saturated carbocycles. The van der Waals surface area contributed by atoms with Crippen molar-refractivity contribution in [3.05, 3.63) is 12.7 Å². The molecule has 3 aliphatic rings. The van der Waals surface area contributed by atoms with E-state index in [-0.39, 0.29) is 6.61 Å². The molecule has 22 heteroatoms. The maximum atomic E-state index is 11.4. The van der Waals surface area contributed by atoms with Crippen LogP contribution in [0.2, 0.25) is 65.0 Å². The number of rotatable bonds is 7. The second-order valence-corrected chi connectivity index (χ2v) is 34.8. The molecule has 3 aliphatic heterocycles. The topological polar surface area (TPSA) is 159 Å². The molecular formula is C15H38O14Si8. The third-order valence-electron chi connectivity index (χ3n) is 5.15. The zero-order chi connectivity index (χ0) is 28.2. The molecule has 3 heterocycles. The van der Waals surface area contributed by atoms with Crippen LogP contribution in [0, 0.1) is 0 Å². The molecule has 3 fully saturated rings. The number of hydrogen-bond acceptors (Lipinski definition) is 14. The Morgan fingerprint density at radius 1 is 0.757 bits per heavy atom. The van der Waals surface area contributed by atoms with Gasteiger partial charge in [0.25, 0.3) is 0 Å². The predicted molar refractivity (Wildman–Crippen MR) is 145 cm³/mol. The van der Waals surface area contributed by atoms with E-state index in [0.29, 0.717) is 12.5 Å². The van der Waals surface area contributed by atoms with Gasteiger partial charge in [-0.05, 0) is 25.6 Å². The number of carbonyl (C=O) groups is 1. The van der Waals surface area contributed by atoms with E-state index in [4.69, 9.17) is 45.9 Å². The summed E-state index contributed by atoms with van der Waals surface area (Å²) in [5.74, 6) is -0.492. The first kappa shape index (κ1) is 32.0. The summed E-state index contributed by atoms with van der Waals surface area (Å²) in [6.07, 6.45) is 1.67. The molecule has 37 heavy (non-hydrogen) atoms. The zero-order valence-corrected chi connectivity index (χ0v) is 30.7. The molecule has 0 spiro atoms. The van der Waals surface area contributed by atoms with Crippen molar-refractivity contribution >= 4 is 75.9 Å². The summed E-state index contributed by atoms with van der Waals surface area (Å²) in [7, 11) is -29.1. The van der Waals surface area contributed by atoms with Gasteiger partial charge in [0, 0.05) is 51.9 Å². The Bertz CT molecular complexity index is 868. The summed E-state index contributed by atoms with van der Waals surface area (Å²) in [6, 6.07) is 0.609. The van der Waals surface area contributed by atoms with Crippen LogP contribution in [-0.4, -0.2) is 92.1 Å².